The SMILES string of the molecule is Oc1cccn2c(Cc3cccc(Br)c3)nnc12. The van der Waals surface area contributed by atoms with E-state index in [9.17, 15) is 5.11 Å². The third kappa shape index (κ3) is 1.97. The lowest BCUT2D eigenvalue weighted by Gasteiger charge is -2.01. The predicted octanol–water partition coefficient (Wildman–Crippen LogP) is 2.79. The molecule has 0 amide bonds. The van der Waals surface area contributed by atoms with Gasteiger partial charge in [-0.2, -0.15) is 0 Å². The van der Waals surface area contributed by atoms with Gasteiger partial charge in [-0.1, -0.05) is 28.1 Å². The number of hydrogen-bond acceptors (Lipinski definition) is 3. The molecule has 2 heterocycles. The largest absolute Gasteiger partial charge is 0.504 e. The third-order valence-electron chi connectivity index (χ3n) is 2.74. The minimum absolute atomic E-state index is 0.144. The van der Waals surface area contributed by atoms with Crippen LogP contribution in [0.5, 0.6) is 5.75 Å². The molecule has 0 radical (unpaired) electrons. The fraction of sp³-hybridized carbons (Fsp3) is 0.0769. The van der Waals surface area contributed by atoms with Crippen LogP contribution >= 0.6 is 15.9 Å². The van der Waals surface area contributed by atoms with Gasteiger partial charge >= 0.3 is 0 Å². The molecule has 4 nitrogen and oxygen atoms in total. The van der Waals surface area contributed by atoms with Crippen molar-refractivity contribution in [3.05, 3.63) is 58.5 Å². The normalized spacial score (nSPS) is 10.9. The number of nitrogens with zero attached hydrogens (tertiary/aromatic N) is 3. The summed E-state index contributed by atoms with van der Waals surface area (Å²) in [6, 6.07) is 11.4. The maximum Gasteiger partial charge on any atom is 0.203 e. The Kier molecular flexibility index (Phi) is 2.76. The van der Waals surface area contributed by atoms with E-state index in [1.165, 1.54) is 0 Å². The molecule has 5 heteroatoms. The first-order chi connectivity index (χ1) is 8.74. The van der Waals surface area contributed by atoms with Crippen LogP contribution in [-0.4, -0.2) is 19.7 Å². The first-order valence-electron chi connectivity index (χ1n) is 5.50. The first kappa shape index (κ1) is 11.2. The highest BCUT2D eigenvalue weighted by Crippen LogP contribution is 2.19. The molecule has 0 aliphatic carbocycles. The van der Waals surface area contributed by atoms with Crippen LogP contribution in [0.25, 0.3) is 5.65 Å². The minimum atomic E-state index is 0.144. The van der Waals surface area contributed by atoms with Crippen LogP contribution in [-0.2, 0) is 6.42 Å². The van der Waals surface area contributed by atoms with E-state index >= 15 is 0 Å². The van der Waals surface area contributed by atoms with Crippen LogP contribution in [0.1, 0.15) is 11.4 Å². The Morgan fingerprint density at radius 2 is 2.06 bits per heavy atom. The number of rotatable bonds is 2. The van der Waals surface area contributed by atoms with Crippen LogP contribution < -0.4 is 0 Å². The summed E-state index contributed by atoms with van der Waals surface area (Å²) in [7, 11) is 0. The quantitative estimate of drug-likeness (QED) is 0.792. The molecule has 0 saturated heterocycles. The van der Waals surface area contributed by atoms with Crippen LogP contribution in [0.2, 0.25) is 0 Å². The zero-order valence-electron chi connectivity index (χ0n) is 9.42. The van der Waals surface area contributed by atoms with E-state index in [1.54, 1.807) is 16.5 Å². The molecule has 0 spiro atoms. The van der Waals surface area contributed by atoms with Gasteiger partial charge in [-0.05, 0) is 29.8 Å². The molecular formula is C13H10BrN3O. The van der Waals surface area contributed by atoms with Crippen molar-refractivity contribution in [2.75, 3.05) is 0 Å². The number of aromatic nitrogens is 3. The number of aromatic hydroxyl groups is 1. The molecule has 18 heavy (non-hydrogen) atoms. The summed E-state index contributed by atoms with van der Waals surface area (Å²) in [4.78, 5) is 0. The van der Waals surface area contributed by atoms with E-state index in [-0.39, 0.29) is 5.75 Å². The molecule has 1 N–H and O–H groups in total. The zero-order valence-corrected chi connectivity index (χ0v) is 11.0. The lowest BCUT2D eigenvalue weighted by atomic mass is 10.1. The van der Waals surface area contributed by atoms with E-state index < -0.39 is 0 Å². The molecule has 3 rings (SSSR count). The molecule has 0 fully saturated rings. The van der Waals surface area contributed by atoms with Gasteiger partial charge in [0, 0.05) is 17.1 Å². The van der Waals surface area contributed by atoms with E-state index in [1.807, 2.05) is 30.5 Å². The second kappa shape index (κ2) is 4.42. The minimum Gasteiger partial charge on any atom is -0.504 e. The summed E-state index contributed by atoms with van der Waals surface area (Å²) in [5.41, 5.74) is 1.63. The molecule has 0 bridgehead atoms. The molecule has 1 aromatic carbocycles. The second-order valence-corrected chi connectivity index (χ2v) is 4.93. The van der Waals surface area contributed by atoms with Gasteiger partial charge in [-0.3, -0.25) is 4.40 Å². The fourth-order valence-electron chi connectivity index (χ4n) is 1.90. The Morgan fingerprint density at radius 3 is 2.89 bits per heavy atom. The highest BCUT2D eigenvalue weighted by atomic mass is 79.9. The molecule has 2 aromatic heterocycles. The Morgan fingerprint density at radius 1 is 1.17 bits per heavy atom. The van der Waals surface area contributed by atoms with Gasteiger partial charge in [-0.25, -0.2) is 0 Å². The van der Waals surface area contributed by atoms with Crippen LogP contribution in [0.4, 0.5) is 0 Å². The van der Waals surface area contributed by atoms with Crippen molar-refractivity contribution in [3.8, 4) is 5.75 Å². The fourth-order valence-corrected chi connectivity index (χ4v) is 2.35. The molecule has 0 atom stereocenters. The van der Waals surface area contributed by atoms with Crippen molar-refractivity contribution in [2.45, 2.75) is 6.42 Å². The van der Waals surface area contributed by atoms with Crippen molar-refractivity contribution >= 4 is 21.6 Å². The number of hydrogen-bond donors (Lipinski definition) is 1. The van der Waals surface area contributed by atoms with Crippen LogP contribution in [0.3, 0.4) is 0 Å². The Balaban J connectivity index is 2.03. The molecule has 90 valence electrons. The Labute approximate surface area is 112 Å². The molecular weight excluding hydrogens is 294 g/mol. The summed E-state index contributed by atoms with van der Waals surface area (Å²) >= 11 is 3.44. The molecule has 0 unspecified atom stereocenters. The van der Waals surface area contributed by atoms with Crippen LogP contribution in [0.15, 0.2) is 47.1 Å². The van der Waals surface area contributed by atoms with Gasteiger partial charge in [0.2, 0.25) is 5.65 Å². The number of pyridine rings is 1. The van der Waals surface area contributed by atoms with Crippen molar-refractivity contribution in [3.63, 3.8) is 0 Å². The van der Waals surface area contributed by atoms with E-state index in [0.717, 1.165) is 15.9 Å². The van der Waals surface area contributed by atoms with E-state index in [4.69, 9.17) is 0 Å². The molecule has 0 aliphatic heterocycles. The first-order valence-corrected chi connectivity index (χ1v) is 6.29. The number of fused-ring (bicyclic) bond motifs is 1. The van der Waals surface area contributed by atoms with Crippen molar-refractivity contribution in [1.29, 1.82) is 0 Å². The van der Waals surface area contributed by atoms with E-state index in [0.29, 0.717) is 12.1 Å². The maximum atomic E-state index is 9.66. The summed E-state index contributed by atoms with van der Waals surface area (Å²) in [5, 5.41) is 17.8. The standard InChI is InChI=1S/C13H10BrN3O/c14-10-4-1-3-9(7-10)8-12-15-16-13-11(18)5-2-6-17(12)13/h1-7,18H,8H2. The predicted molar refractivity (Wildman–Crippen MR) is 71.6 cm³/mol. The van der Waals surface area contributed by atoms with Gasteiger partial charge in [0.05, 0.1) is 0 Å². The van der Waals surface area contributed by atoms with Gasteiger partial charge in [-0.15, -0.1) is 10.2 Å². The highest BCUT2D eigenvalue weighted by molar-refractivity contribution is 9.10. The third-order valence-corrected chi connectivity index (χ3v) is 3.23. The van der Waals surface area contributed by atoms with Gasteiger partial charge in [0.1, 0.15) is 5.82 Å². The van der Waals surface area contributed by atoms with Gasteiger partial charge in [0.15, 0.2) is 5.75 Å². The highest BCUT2D eigenvalue weighted by Gasteiger charge is 2.08. The van der Waals surface area contributed by atoms with Crippen molar-refractivity contribution < 1.29 is 5.11 Å². The average molecular weight is 304 g/mol. The summed E-state index contributed by atoms with van der Waals surface area (Å²) in [5.74, 6) is 0.949. The summed E-state index contributed by atoms with van der Waals surface area (Å²) < 4.78 is 2.84. The van der Waals surface area contributed by atoms with Crippen molar-refractivity contribution in [1.82, 2.24) is 14.6 Å². The van der Waals surface area contributed by atoms with Crippen LogP contribution in [0, 0.1) is 0 Å². The topological polar surface area (TPSA) is 50.4 Å². The molecule has 0 saturated carbocycles. The van der Waals surface area contributed by atoms with Gasteiger partial charge < -0.3 is 5.11 Å². The maximum absolute atomic E-state index is 9.66. The Bertz CT molecular complexity index is 708. The second-order valence-electron chi connectivity index (χ2n) is 4.01. The smallest absolute Gasteiger partial charge is 0.203 e. The molecule has 3 aromatic rings. The lowest BCUT2D eigenvalue weighted by Crippen LogP contribution is -1.96. The zero-order chi connectivity index (χ0) is 12.5. The van der Waals surface area contributed by atoms with E-state index in [2.05, 4.69) is 26.1 Å². The Hall–Kier alpha value is -1.88. The monoisotopic (exact) mass is 303 g/mol. The summed E-state index contributed by atoms with van der Waals surface area (Å²) in [6.45, 7) is 0. The van der Waals surface area contributed by atoms with Crippen molar-refractivity contribution in [2.24, 2.45) is 0 Å². The van der Waals surface area contributed by atoms with Gasteiger partial charge in [0.25, 0.3) is 0 Å². The lowest BCUT2D eigenvalue weighted by molar-refractivity contribution is 0.477. The number of benzene rings is 1. The summed E-state index contributed by atoms with van der Waals surface area (Å²) in [6.07, 6.45) is 2.52. The average Bonchev–Trinajstić information content (AvgIpc) is 2.74. The number of halogens is 1. The molecule has 0 aliphatic rings.